The van der Waals surface area contributed by atoms with Gasteiger partial charge in [0.25, 0.3) is 0 Å². The Hall–Kier alpha value is -2.71. The summed E-state index contributed by atoms with van der Waals surface area (Å²) in [7, 11) is 0. The van der Waals surface area contributed by atoms with Crippen molar-refractivity contribution < 1.29 is 18.0 Å². The quantitative estimate of drug-likeness (QED) is 0.857. The second-order valence-electron chi connectivity index (χ2n) is 5.75. The fraction of sp³-hybridized carbons (Fsp3) is 0.375. The van der Waals surface area contributed by atoms with E-state index in [2.05, 4.69) is 20.5 Å². The summed E-state index contributed by atoms with van der Waals surface area (Å²) in [5, 5.41) is 10.4. The summed E-state index contributed by atoms with van der Waals surface area (Å²) >= 11 is 0. The summed E-state index contributed by atoms with van der Waals surface area (Å²) in [6.07, 6.45) is 1.84. The van der Waals surface area contributed by atoms with Crippen LogP contribution in [0.3, 0.4) is 0 Å². The van der Waals surface area contributed by atoms with Crippen molar-refractivity contribution in [3.8, 4) is 0 Å². The largest absolute Gasteiger partial charge is 0.392 e. The van der Waals surface area contributed by atoms with Crippen molar-refractivity contribution >= 4 is 12.0 Å². The zero-order valence-corrected chi connectivity index (χ0v) is 13.2. The highest BCUT2D eigenvalue weighted by molar-refractivity contribution is 5.91. The van der Waals surface area contributed by atoms with Gasteiger partial charge in [0.2, 0.25) is 5.91 Å². The van der Waals surface area contributed by atoms with E-state index in [0.717, 1.165) is 5.56 Å². The van der Waals surface area contributed by atoms with E-state index >= 15 is 0 Å². The monoisotopic (exact) mass is 351 g/mol. The first-order valence-corrected chi connectivity index (χ1v) is 7.77. The van der Waals surface area contributed by atoms with Crippen LogP contribution in [-0.2, 0) is 24.3 Å². The average Bonchev–Trinajstić information content (AvgIpc) is 3.00. The molecule has 3 heterocycles. The van der Waals surface area contributed by atoms with Gasteiger partial charge in [-0.3, -0.25) is 9.78 Å². The van der Waals surface area contributed by atoms with Crippen molar-refractivity contribution in [2.24, 2.45) is 5.92 Å². The Balaban J connectivity index is 1.57. The van der Waals surface area contributed by atoms with Crippen molar-refractivity contribution in [3.63, 3.8) is 0 Å². The molecule has 0 saturated heterocycles. The van der Waals surface area contributed by atoms with Crippen LogP contribution in [0.25, 0.3) is 6.08 Å². The number of halogens is 3. The highest BCUT2D eigenvalue weighted by atomic mass is 19.4. The minimum absolute atomic E-state index is 0.00358. The number of hydrogen-bond donors (Lipinski definition) is 1. The third-order valence-corrected chi connectivity index (χ3v) is 4.03. The van der Waals surface area contributed by atoms with Gasteiger partial charge in [-0.2, -0.15) is 13.2 Å². The van der Waals surface area contributed by atoms with Gasteiger partial charge in [0.05, 0.1) is 12.5 Å². The number of nitrogens with zero attached hydrogens (tertiary/aromatic N) is 4. The smallest absolute Gasteiger partial charge is 0.345 e. The summed E-state index contributed by atoms with van der Waals surface area (Å²) < 4.78 is 40.0. The van der Waals surface area contributed by atoms with Gasteiger partial charge in [-0.05, 0) is 24.1 Å². The van der Waals surface area contributed by atoms with Crippen LogP contribution in [0.5, 0.6) is 0 Å². The van der Waals surface area contributed by atoms with Crippen LogP contribution >= 0.6 is 0 Å². The molecule has 0 aliphatic carbocycles. The Morgan fingerprint density at radius 3 is 2.96 bits per heavy atom. The van der Waals surface area contributed by atoms with Crippen LogP contribution in [0.15, 0.2) is 30.6 Å². The van der Waals surface area contributed by atoms with E-state index in [1.165, 1.54) is 6.08 Å². The number of fused-ring (bicyclic) bond motifs is 1. The van der Waals surface area contributed by atoms with E-state index in [1.807, 2.05) is 6.07 Å². The number of hydrogen-bond acceptors (Lipinski definition) is 4. The minimum atomic E-state index is -4.22. The molecule has 0 saturated carbocycles. The number of rotatable bonds is 4. The van der Waals surface area contributed by atoms with E-state index in [0.29, 0.717) is 11.6 Å². The highest BCUT2D eigenvalue weighted by Crippen LogP contribution is 2.34. The summed E-state index contributed by atoms with van der Waals surface area (Å²) in [5.74, 6) is -0.943. The maximum absolute atomic E-state index is 12.8. The van der Waals surface area contributed by atoms with Crippen molar-refractivity contribution in [3.05, 3.63) is 47.8 Å². The lowest BCUT2D eigenvalue weighted by atomic mass is 9.97. The summed E-state index contributed by atoms with van der Waals surface area (Å²) in [4.78, 5) is 15.8. The molecule has 0 spiro atoms. The van der Waals surface area contributed by atoms with E-state index in [9.17, 15) is 18.0 Å². The molecule has 0 aromatic carbocycles. The molecule has 1 amide bonds. The van der Waals surface area contributed by atoms with Crippen molar-refractivity contribution in [2.45, 2.75) is 32.1 Å². The normalized spacial score (nSPS) is 17.5. The lowest BCUT2D eigenvalue weighted by Gasteiger charge is -2.25. The molecule has 25 heavy (non-hydrogen) atoms. The lowest BCUT2D eigenvalue weighted by Crippen LogP contribution is -2.32. The third kappa shape index (κ3) is 4.23. The molecule has 6 nitrogen and oxygen atoms in total. The lowest BCUT2D eigenvalue weighted by molar-refractivity contribution is -0.179. The van der Waals surface area contributed by atoms with Gasteiger partial charge in [0.1, 0.15) is 5.82 Å². The molecule has 0 radical (unpaired) electrons. The number of carbonyl (C=O) groups is 1. The number of aromatic nitrogens is 4. The standard InChI is InChI=1S/C16H16F3N5O/c17-16(18,19)12-5-7-24-13(8-12)22-23-14(24)10-21-15(25)4-3-11-2-1-6-20-9-11/h1-4,6,9,12H,5,7-8,10H2,(H,21,25)/b4-3+/t12-/m1/s1. The van der Waals surface area contributed by atoms with Crippen LogP contribution in [0.1, 0.15) is 23.6 Å². The molecule has 1 N–H and O–H groups in total. The van der Waals surface area contributed by atoms with Crippen molar-refractivity contribution in [2.75, 3.05) is 0 Å². The zero-order valence-electron chi connectivity index (χ0n) is 13.2. The maximum atomic E-state index is 12.8. The van der Waals surface area contributed by atoms with E-state index in [-0.39, 0.29) is 31.8 Å². The fourth-order valence-electron chi connectivity index (χ4n) is 2.67. The first-order valence-electron chi connectivity index (χ1n) is 7.77. The summed E-state index contributed by atoms with van der Waals surface area (Å²) in [5.41, 5.74) is 0.788. The topological polar surface area (TPSA) is 72.7 Å². The van der Waals surface area contributed by atoms with Gasteiger partial charge >= 0.3 is 6.18 Å². The third-order valence-electron chi connectivity index (χ3n) is 4.03. The Kier molecular flexibility index (Phi) is 4.82. The van der Waals surface area contributed by atoms with Crippen LogP contribution in [0.2, 0.25) is 0 Å². The van der Waals surface area contributed by atoms with E-state index in [4.69, 9.17) is 0 Å². The SMILES string of the molecule is O=C(/C=C/c1cccnc1)NCc1nnc2n1CC[C@@H](C(F)(F)F)C2. The van der Waals surface area contributed by atoms with Crippen LogP contribution in [0, 0.1) is 5.92 Å². The highest BCUT2D eigenvalue weighted by Gasteiger charge is 2.42. The van der Waals surface area contributed by atoms with Crippen LogP contribution in [0.4, 0.5) is 13.2 Å². The summed E-state index contributed by atoms with van der Waals surface area (Å²) in [6, 6.07) is 3.57. The number of nitrogens with one attached hydrogen (secondary N) is 1. The molecule has 1 aliphatic heterocycles. The maximum Gasteiger partial charge on any atom is 0.392 e. The molecule has 3 rings (SSSR count). The first kappa shape index (κ1) is 17.1. The Bertz CT molecular complexity index is 770. The average molecular weight is 351 g/mol. The molecule has 2 aromatic heterocycles. The zero-order chi connectivity index (χ0) is 17.9. The molecular weight excluding hydrogens is 335 g/mol. The fourth-order valence-corrected chi connectivity index (χ4v) is 2.67. The molecular formula is C16H16F3N5O. The van der Waals surface area contributed by atoms with Gasteiger partial charge < -0.3 is 9.88 Å². The van der Waals surface area contributed by atoms with Crippen molar-refractivity contribution in [1.29, 1.82) is 0 Å². The van der Waals surface area contributed by atoms with Gasteiger partial charge in [0, 0.05) is 31.4 Å². The van der Waals surface area contributed by atoms with Gasteiger partial charge in [-0.25, -0.2) is 0 Å². The summed E-state index contributed by atoms with van der Waals surface area (Å²) in [6.45, 7) is 0.309. The Morgan fingerprint density at radius 1 is 1.40 bits per heavy atom. The Morgan fingerprint density at radius 2 is 2.24 bits per heavy atom. The van der Waals surface area contributed by atoms with Crippen LogP contribution < -0.4 is 5.32 Å². The molecule has 9 heteroatoms. The molecule has 0 fully saturated rings. The van der Waals surface area contributed by atoms with E-state index < -0.39 is 12.1 Å². The molecule has 2 aromatic rings. The predicted octanol–water partition coefficient (Wildman–Crippen LogP) is 2.13. The second kappa shape index (κ2) is 7.04. The molecule has 132 valence electrons. The molecule has 1 atom stereocenters. The molecule has 0 bridgehead atoms. The van der Waals surface area contributed by atoms with Gasteiger partial charge in [0.15, 0.2) is 5.82 Å². The van der Waals surface area contributed by atoms with Crippen molar-refractivity contribution in [1.82, 2.24) is 25.1 Å². The first-order chi connectivity index (χ1) is 11.9. The number of amides is 1. The number of carbonyl (C=O) groups excluding carboxylic acids is 1. The second-order valence-corrected chi connectivity index (χ2v) is 5.75. The number of alkyl halides is 3. The van der Waals surface area contributed by atoms with Crippen LogP contribution in [-0.4, -0.2) is 31.8 Å². The van der Waals surface area contributed by atoms with E-state index in [1.54, 1.807) is 29.1 Å². The number of pyridine rings is 1. The van der Waals surface area contributed by atoms with Gasteiger partial charge in [-0.1, -0.05) is 6.07 Å². The Labute approximate surface area is 141 Å². The van der Waals surface area contributed by atoms with Gasteiger partial charge in [-0.15, -0.1) is 10.2 Å². The predicted molar refractivity (Wildman–Crippen MR) is 83.0 cm³/mol. The molecule has 1 aliphatic rings. The minimum Gasteiger partial charge on any atom is -0.345 e. The molecule has 0 unspecified atom stereocenters.